The van der Waals surface area contributed by atoms with E-state index in [4.69, 9.17) is 10.5 Å². The van der Waals surface area contributed by atoms with Crippen LogP contribution in [0, 0.1) is 0 Å². The number of benzene rings is 1. The van der Waals surface area contributed by atoms with Gasteiger partial charge in [0.2, 0.25) is 0 Å². The van der Waals surface area contributed by atoms with E-state index in [0.717, 1.165) is 48.2 Å². The number of anilines is 2. The summed E-state index contributed by atoms with van der Waals surface area (Å²) in [4.78, 5) is 12.8. The van der Waals surface area contributed by atoms with Crippen LogP contribution in [-0.2, 0) is 0 Å². The first-order valence-corrected chi connectivity index (χ1v) is 8.61. The Bertz CT molecular complexity index is 847. The van der Waals surface area contributed by atoms with Crippen LogP contribution in [0.25, 0.3) is 11.0 Å². The molecule has 0 spiro atoms. The molecule has 0 atom stereocenters. The average molecular weight is 335 g/mol. The highest BCUT2D eigenvalue weighted by Gasteiger charge is 2.23. The normalized spacial score (nSPS) is 20.3. The summed E-state index contributed by atoms with van der Waals surface area (Å²) < 4.78 is 6.23. The minimum Gasteiger partial charge on any atom is -0.488 e. The number of fused-ring (bicyclic) bond motifs is 1. The second-order valence-electron chi connectivity index (χ2n) is 6.41. The van der Waals surface area contributed by atoms with Gasteiger partial charge in [0.25, 0.3) is 0 Å². The van der Waals surface area contributed by atoms with Crippen molar-refractivity contribution in [1.29, 1.82) is 0 Å². The van der Waals surface area contributed by atoms with Crippen LogP contribution in [0.4, 0.5) is 11.4 Å². The molecule has 1 aromatic carbocycles. The molecule has 2 heterocycles. The quantitative estimate of drug-likeness (QED) is 0.711. The van der Waals surface area contributed by atoms with Gasteiger partial charge in [0.1, 0.15) is 11.3 Å². The van der Waals surface area contributed by atoms with E-state index in [9.17, 15) is 0 Å². The highest BCUT2D eigenvalue weighted by Crippen LogP contribution is 2.30. The Morgan fingerprint density at radius 1 is 0.960 bits per heavy atom. The Hall–Kier alpha value is -2.89. The molecular formula is C19H21N5O. The summed E-state index contributed by atoms with van der Waals surface area (Å²) in [6, 6.07) is 8.14. The van der Waals surface area contributed by atoms with Crippen LogP contribution in [0.1, 0.15) is 25.7 Å². The average Bonchev–Trinajstić information content (AvgIpc) is 2.64. The van der Waals surface area contributed by atoms with Crippen LogP contribution in [0.3, 0.4) is 0 Å². The van der Waals surface area contributed by atoms with Crippen molar-refractivity contribution in [2.45, 2.75) is 37.8 Å². The number of nitrogens with zero attached hydrogens (tertiary/aromatic N) is 3. The molecule has 3 N–H and O–H groups in total. The highest BCUT2D eigenvalue weighted by atomic mass is 16.5. The smallest absolute Gasteiger partial charge is 0.149 e. The molecular weight excluding hydrogens is 314 g/mol. The summed E-state index contributed by atoms with van der Waals surface area (Å²) in [7, 11) is 0. The zero-order chi connectivity index (χ0) is 17.1. The van der Waals surface area contributed by atoms with E-state index in [-0.39, 0.29) is 6.10 Å². The molecule has 25 heavy (non-hydrogen) atoms. The van der Waals surface area contributed by atoms with E-state index in [2.05, 4.69) is 20.3 Å². The van der Waals surface area contributed by atoms with Gasteiger partial charge in [-0.05, 0) is 43.9 Å². The molecule has 4 rings (SSSR count). The van der Waals surface area contributed by atoms with Crippen molar-refractivity contribution in [3.8, 4) is 5.75 Å². The number of aromatic nitrogens is 3. The lowest BCUT2D eigenvalue weighted by atomic mass is 9.92. The summed E-state index contributed by atoms with van der Waals surface area (Å²) in [5.41, 5.74) is 9.29. The van der Waals surface area contributed by atoms with Crippen LogP contribution in [0.2, 0.25) is 0 Å². The fraction of sp³-hybridized carbons (Fsp3) is 0.316. The molecule has 2 aromatic heterocycles. The van der Waals surface area contributed by atoms with Crippen molar-refractivity contribution in [2.75, 3.05) is 11.1 Å². The number of nitrogens with two attached hydrogens (primary N) is 1. The summed E-state index contributed by atoms with van der Waals surface area (Å²) in [6.45, 7) is 0. The van der Waals surface area contributed by atoms with Gasteiger partial charge in [0.15, 0.2) is 0 Å². The highest BCUT2D eigenvalue weighted by molar-refractivity contribution is 5.84. The maximum atomic E-state index is 6.23. The van der Waals surface area contributed by atoms with Crippen molar-refractivity contribution < 1.29 is 4.74 Å². The van der Waals surface area contributed by atoms with Crippen molar-refractivity contribution >= 4 is 22.4 Å². The zero-order valence-corrected chi connectivity index (χ0v) is 13.9. The molecule has 0 unspecified atom stereocenters. The molecule has 0 amide bonds. The molecule has 1 aliphatic carbocycles. The summed E-state index contributed by atoms with van der Waals surface area (Å²) in [5.74, 6) is 0.730. The van der Waals surface area contributed by atoms with Gasteiger partial charge >= 0.3 is 0 Å². The predicted molar refractivity (Wildman–Crippen MR) is 98.5 cm³/mol. The number of pyridine rings is 1. The molecule has 128 valence electrons. The predicted octanol–water partition coefficient (Wildman–Crippen LogP) is 3.41. The van der Waals surface area contributed by atoms with E-state index in [1.54, 1.807) is 12.4 Å². The number of hydrogen-bond acceptors (Lipinski definition) is 6. The van der Waals surface area contributed by atoms with Crippen molar-refractivity contribution in [1.82, 2.24) is 15.0 Å². The molecule has 0 bridgehead atoms. The standard InChI is InChI=1S/C19H21N5O/c20-13-11-17-19(23-10-9-22-17)18(12-13)25-16-3-1-14(2-4-16)24-15-5-7-21-8-6-15/h5-12,14,16H,1-4,20H2,(H,21,24). The molecule has 0 radical (unpaired) electrons. The van der Waals surface area contributed by atoms with E-state index in [1.165, 1.54) is 0 Å². The summed E-state index contributed by atoms with van der Waals surface area (Å²) in [5, 5.41) is 3.57. The molecule has 6 nitrogen and oxygen atoms in total. The van der Waals surface area contributed by atoms with Crippen LogP contribution < -0.4 is 15.8 Å². The summed E-state index contributed by atoms with van der Waals surface area (Å²) >= 11 is 0. The van der Waals surface area contributed by atoms with Gasteiger partial charge in [-0.2, -0.15) is 0 Å². The van der Waals surface area contributed by atoms with E-state index in [0.29, 0.717) is 11.7 Å². The van der Waals surface area contributed by atoms with Gasteiger partial charge in [0, 0.05) is 48.3 Å². The van der Waals surface area contributed by atoms with Gasteiger partial charge in [-0.25, -0.2) is 4.98 Å². The molecule has 1 saturated carbocycles. The third-order valence-corrected chi connectivity index (χ3v) is 4.58. The lowest BCUT2D eigenvalue weighted by Crippen LogP contribution is -2.31. The fourth-order valence-corrected chi connectivity index (χ4v) is 3.34. The first-order valence-electron chi connectivity index (χ1n) is 8.61. The molecule has 3 aromatic rings. The van der Waals surface area contributed by atoms with Gasteiger partial charge in [-0.1, -0.05) is 0 Å². The van der Waals surface area contributed by atoms with Crippen LogP contribution in [0.15, 0.2) is 49.1 Å². The third kappa shape index (κ3) is 3.63. The molecule has 1 aliphatic rings. The van der Waals surface area contributed by atoms with Crippen molar-refractivity contribution in [3.63, 3.8) is 0 Å². The fourth-order valence-electron chi connectivity index (χ4n) is 3.34. The third-order valence-electron chi connectivity index (χ3n) is 4.58. The number of nitrogens with one attached hydrogen (secondary N) is 1. The Kier molecular flexibility index (Phi) is 4.33. The second kappa shape index (κ2) is 6.93. The van der Waals surface area contributed by atoms with Gasteiger partial charge in [-0.15, -0.1) is 0 Å². The van der Waals surface area contributed by atoms with Crippen molar-refractivity contribution in [2.24, 2.45) is 0 Å². The largest absolute Gasteiger partial charge is 0.488 e. The topological polar surface area (TPSA) is 86.0 Å². The van der Waals surface area contributed by atoms with Crippen LogP contribution in [0.5, 0.6) is 5.75 Å². The van der Waals surface area contributed by atoms with E-state index < -0.39 is 0 Å². The van der Waals surface area contributed by atoms with Crippen LogP contribution in [-0.4, -0.2) is 27.1 Å². The first kappa shape index (κ1) is 15.6. The maximum Gasteiger partial charge on any atom is 0.149 e. The maximum absolute atomic E-state index is 6.23. The Morgan fingerprint density at radius 2 is 1.72 bits per heavy atom. The SMILES string of the molecule is Nc1cc(OC2CCC(Nc3ccncc3)CC2)c2nccnc2c1. The first-order chi connectivity index (χ1) is 12.3. The minimum atomic E-state index is 0.183. The van der Waals surface area contributed by atoms with E-state index >= 15 is 0 Å². The minimum absolute atomic E-state index is 0.183. The van der Waals surface area contributed by atoms with Gasteiger partial charge in [-0.3, -0.25) is 9.97 Å². The Balaban J connectivity index is 1.41. The lowest BCUT2D eigenvalue weighted by Gasteiger charge is -2.30. The second-order valence-corrected chi connectivity index (χ2v) is 6.41. The van der Waals surface area contributed by atoms with Crippen LogP contribution >= 0.6 is 0 Å². The zero-order valence-electron chi connectivity index (χ0n) is 13.9. The summed E-state index contributed by atoms with van der Waals surface area (Å²) in [6.07, 6.45) is 11.3. The number of nitrogen functional groups attached to an aromatic ring is 1. The number of hydrogen-bond donors (Lipinski definition) is 2. The molecule has 0 saturated heterocycles. The lowest BCUT2D eigenvalue weighted by molar-refractivity contribution is 0.152. The van der Waals surface area contributed by atoms with E-state index in [1.807, 2.05) is 36.7 Å². The number of ether oxygens (including phenoxy) is 1. The Morgan fingerprint density at radius 3 is 2.52 bits per heavy atom. The van der Waals surface area contributed by atoms with Gasteiger partial charge < -0.3 is 15.8 Å². The van der Waals surface area contributed by atoms with Gasteiger partial charge in [0.05, 0.1) is 11.6 Å². The number of rotatable bonds is 4. The molecule has 6 heteroatoms. The Labute approximate surface area is 146 Å². The van der Waals surface area contributed by atoms with Crippen molar-refractivity contribution in [3.05, 3.63) is 49.1 Å². The molecule has 1 fully saturated rings. The monoisotopic (exact) mass is 335 g/mol. The molecule has 0 aliphatic heterocycles.